The number of hydrogen-bond acceptors (Lipinski definition) is 1. The van der Waals surface area contributed by atoms with E-state index >= 15 is 0 Å². The van der Waals surface area contributed by atoms with Crippen molar-refractivity contribution in [2.24, 2.45) is 5.92 Å². The Morgan fingerprint density at radius 3 is 2.44 bits per heavy atom. The van der Waals surface area contributed by atoms with E-state index in [1.807, 2.05) is 0 Å². The Morgan fingerprint density at radius 1 is 1.11 bits per heavy atom. The van der Waals surface area contributed by atoms with Crippen LogP contribution in [-0.2, 0) is 0 Å². The van der Waals surface area contributed by atoms with Crippen LogP contribution in [0.1, 0.15) is 34.1 Å². The molecule has 96 valence electrons. The van der Waals surface area contributed by atoms with Crippen LogP contribution in [0.3, 0.4) is 0 Å². The molecular formula is C16H21NS. The van der Waals surface area contributed by atoms with Crippen LogP contribution in [-0.4, -0.2) is 15.9 Å². The van der Waals surface area contributed by atoms with E-state index in [1.54, 1.807) is 0 Å². The maximum absolute atomic E-state index is 5.50. The van der Waals surface area contributed by atoms with Crippen LogP contribution in [0, 0.1) is 5.92 Å². The third-order valence-corrected chi connectivity index (χ3v) is 3.74. The van der Waals surface area contributed by atoms with Crippen LogP contribution in [0.2, 0.25) is 0 Å². The Bertz CT molecular complexity index is 475. The maximum Gasteiger partial charge on any atom is 0.0871 e. The van der Waals surface area contributed by atoms with Gasteiger partial charge in [0, 0.05) is 18.2 Å². The average molecular weight is 259 g/mol. The van der Waals surface area contributed by atoms with E-state index in [2.05, 4.69) is 63.0 Å². The lowest BCUT2D eigenvalue weighted by Crippen LogP contribution is -2.29. The van der Waals surface area contributed by atoms with Gasteiger partial charge >= 0.3 is 0 Å². The molecule has 2 aliphatic rings. The van der Waals surface area contributed by atoms with Gasteiger partial charge in [0.25, 0.3) is 0 Å². The van der Waals surface area contributed by atoms with Crippen LogP contribution < -0.4 is 0 Å². The lowest BCUT2D eigenvalue weighted by molar-refractivity contribution is 0.451. The van der Waals surface area contributed by atoms with Crippen LogP contribution in [0.25, 0.3) is 0 Å². The fourth-order valence-electron chi connectivity index (χ4n) is 2.41. The van der Waals surface area contributed by atoms with E-state index in [4.69, 9.17) is 12.2 Å². The smallest absolute Gasteiger partial charge is 0.0871 e. The molecule has 1 saturated heterocycles. The van der Waals surface area contributed by atoms with Gasteiger partial charge in [0.2, 0.25) is 0 Å². The van der Waals surface area contributed by atoms with Crippen LogP contribution >= 0.6 is 12.2 Å². The summed E-state index contributed by atoms with van der Waals surface area (Å²) < 4.78 is 0. The number of rotatable bonds is 2. The molecule has 1 nitrogen and oxygen atoms in total. The van der Waals surface area contributed by atoms with Crippen molar-refractivity contribution >= 4 is 17.2 Å². The number of fused-ring (bicyclic) bond motifs is 1. The SMILES string of the molecule is CC(C)C1=C/C=C2/CC(=S)N(C(C)C)/C2=C/C=C\1. The second kappa shape index (κ2) is 5.23. The zero-order valence-corrected chi connectivity index (χ0v) is 12.4. The predicted octanol–water partition coefficient (Wildman–Crippen LogP) is 4.39. The van der Waals surface area contributed by atoms with Gasteiger partial charge in [-0.25, -0.2) is 0 Å². The summed E-state index contributed by atoms with van der Waals surface area (Å²) in [5.41, 5.74) is 3.98. The molecule has 0 amide bonds. The molecule has 0 radical (unpaired) electrons. The highest BCUT2D eigenvalue weighted by molar-refractivity contribution is 7.80. The van der Waals surface area contributed by atoms with Crippen molar-refractivity contribution in [2.45, 2.75) is 40.2 Å². The Labute approximate surface area is 116 Å². The highest BCUT2D eigenvalue weighted by Gasteiger charge is 2.28. The molecular weight excluding hydrogens is 238 g/mol. The fourth-order valence-corrected chi connectivity index (χ4v) is 2.88. The first kappa shape index (κ1) is 13.3. The molecule has 0 saturated carbocycles. The van der Waals surface area contributed by atoms with Gasteiger partial charge in [-0.3, -0.25) is 0 Å². The standard InChI is InChI=1S/C16H21NS/c1-11(2)13-6-5-7-15-14(9-8-13)10-16(18)17(15)12(3)4/h5-9,11-12H,10H2,1-4H3/b6-5-,7-5?,9-8?,13-6?,13-8+,14-9-,15-7+. The summed E-state index contributed by atoms with van der Waals surface area (Å²) >= 11 is 5.50. The number of thiocarbonyl (C=S) groups is 1. The van der Waals surface area contributed by atoms with Crippen LogP contribution in [0.5, 0.6) is 0 Å². The molecule has 0 N–H and O–H groups in total. The summed E-state index contributed by atoms with van der Waals surface area (Å²) in [4.78, 5) is 3.30. The summed E-state index contributed by atoms with van der Waals surface area (Å²) in [6.07, 6.45) is 11.9. The van der Waals surface area contributed by atoms with Crippen LogP contribution in [0.15, 0.2) is 47.2 Å². The van der Waals surface area contributed by atoms with Gasteiger partial charge in [0.1, 0.15) is 0 Å². The van der Waals surface area contributed by atoms with E-state index in [1.165, 1.54) is 16.8 Å². The second-order valence-corrected chi connectivity index (χ2v) is 5.93. The molecule has 1 aliphatic heterocycles. The molecule has 0 aromatic heterocycles. The average Bonchev–Trinajstić information content (AvgIpc) is 2.54. The van der Waals surface area contributed by atoms with Gasteiger partial charge in [-0.2, -0.15) is 0 Å². The Morgan fingerprint density at radius 2 is 1.83 bits per heavy atom. The third-order valence-electron chi connectivity index (χ3n) is 3.40. The van der Waals surface area contributed by atoms with Crippen molar-refractivity contribution in [3.05, 3.63) is 47.2 Å². The molecule has 0 atom stereocenters. The number of allylic oxidation sites excluding steroid dienone is 7. The summed E-state index contributed by atoms with van der Waals surface area (Å²) in [5, 5.41) is 0. The third kappa shape index (κ3) is 2.49. The maximum atomic E-state index is 5.50. The van der Waals surface area contributed by atoms with Crippen molar-refractivity contribution in [3.8, 4) is 0 Å². The first-order valence-corrected chi connectivity index (χ1v) is 7.03. The van der Waals surface area contributed by atoms with Gasteiger partial charge in [-0.05, 0) is 37.0 Å². The topological polar surface area (TPSA) is 3.24 Å². The molecule has 0 aromatic carbocycles. The lowest BCUT2D eigenvalue weighted by atomic mass is 9.99. The van der Waals surface area contributed by atoms with Crippen molar-refractivity contribution in [3.63, 3.8) is 0 Å². The van der Waals surface area contributed by atoms with Gasteiger partial charge in [0.05, 0.1) is 4.99 Å². The number of nitrogens with zero attached hydrogens (tertiary/aromatic N) is 1. The molecule has 1 aliphatic carbocycles. The van der Waals surface area contributed by atoms with Crippen LogP contribution in [0.4, 0.5) is 0 Å². The Kier molecular flexibility index (Phi) is 3.86. The van der Waals surface area contributed by atoms with Crippen molar-refractivity contribution in [1.82, 2.24) is 4.90 Å². The minimum Gasteiger partial charge on any atom is -0.333 e. The molecule has 1 heterocycles. The van der Waals surface area contributed by atoms with E-state index in [0.29, 0.717) is 12.0 Å². The highest BCUT2D eigenvalue weighted by atomic mass is 32.1. The highest BCUT2D eigenvalue weighted by Crippen LogP contribution is 2.32. The van der Waals surface area contributed by atoms with Crippen molar-refractivity contribution in [1.29, 1.82) is 0 Å². The summed E-state index contributed by atoms with van der Waals surface area (Å²) in [5.74, 6) is 0.558. The van der Waals surface area contributed by atoms with E-state index < -0.39 is 0 Å². The van der Waals surface area contributed by atoms with Crippen molar-refractivity contribution < 1.29 is 0 Å². The second-order valence-electron chi connectivity index (χ2n) is 5.46. The predicted molar refractivity (Wildman–Crippen MR) is 82.4 cm³/mol. The Balaban J connectivity index is 2.38. The largest absolute Gasteiger partial charge is 0.333 e. The molecule has 2 rings (SSSR count). The molecule has 0 bridgehead atoms. The van der Waals surface area contributed by atoms with Gasteiger partial charge in [-0.15, -0.1) is 0 Å². The molecule has 1 fully saturated rings. The first-order chi connectivity index (χ1) is 8.50. The Hall–Kier alpha value is -1.15. The lowest BCUT2D eigenvalue weighted by Gasteiger charge is -2.24. The molecule has 0 unspecified atom stereocenters. The minimum absolute atomic E-state index is 0.427. The van der Waals surface area contributed by atoms with E-state index in [9.17, 15) is 0 Å². The normalized spacial score (nSPS) is 30.0. The minimum atomic E-state index is 0.427. The van der Waals surface area contributed by atoms with E-state index in [-0.39, 0.29) is 0 Å². The summed E-state index contributed by atoms with van der Waals surface area (Å²) in [7, 11) is 0. The summed E-state index contributed by atoms with van der Waals surface area (Å²) in [6, 6.07) is 0.427. The first-order valence-electron chi connectivity index (χ1n) is 6.62. The monoisotopic (exact) mass is 259 g/mol. The fraction of sp³-hybridized carbons (Fsp3) is 0.438. The van der Waals surface area contributed by atoms with Gasteiger partial charge < -0.3 is 4.90 Å². The van der Waals surface area contributed by atoms with E-state index in [0.717, 1.165) is 11.4 Å². The zero-order chi connectivity index (χ0) is 13.3. The zero-order valence-electron chi connectivity index (χ0n) is 11.6. The quantitative estimate of drug-likeness (QED) is 0.677. The van der Waals surface area contributed by atoms with Gasteiger partial charge in [0.15, 0.2) is 0 Å². The van der Waals surface area contributed by atoms with Gasteiger partial charge in [-0.1, -0.05) is 50.4 Å². The molecule has 0 spiro atoms. The number of hydrogen-bond donors (Lipinski definition) is 0. The van der Waals surface area contributed by atoms with Crippen molar-refractivity contribution in [2.75, 3.05) is 0 Å². The summed E-state index contributed by atoms with van der Waals surface area (Å²) in [6.45, 7) is 8.82. The molecule has 0 aromatic rings. The molecule has 18 heavy (non-hydrogen) atoms. The molecule has 2 heteroatoms. The number of likely N-dealkylation sites (tertiary alicyclic amines) is 1.